The molecule has 0 aromatic carbocycles. The van der Waals surface area contributed by atoms with Crippen molar-refractivity contribution in [3.05, 3.63) is 0 Å². The van der Waals surface area contributed by atoms with Gasteiger partial charge in [-0.2, -0.15) is 0 Å². The van der Waals surface area contributed by atoms with E-state index in [0.29, 0.717) is 5.41 Å². The number of nitrogens with zero attached hydrogens (tertiary/aromatic N) is 1. The fourth-order valence-electron chi connectivity index (χ4n) is 3.99. The fourth-order valence-corrected chi connectivity index (χ4v) is 3.99. The average molecular weight is 266 g/mol. The minimum Gasteiger partial charge on any atom is -0.392 e. The highest BCUT2D eigenvalue weighted by atomic mass is 16.3. The number of hydrogen-bond acceptors (Lipinski definition) is 3. The Morgan fingerprint density at radius 2 is 1.84 bits per heavy atom. The van der Waals surface area contributed by atoms with E-state index >= 15 is 0 Å². The third-order valence-corrected chi connectivity index (χ3v) is 5.30. The Morgan fingerprint density at radius 3 is 2.53 bits per heavy atom. The van der Waals surface area contributed by atoms with Crippen molar-refractivity contribution in [3.63, 3.8) is 0 Å². The molecule has 1 atom stereocenters. The topological polar surface area (TPSA) is 35.5 Å². The Labute approximate surface area is 117 Å². The molecule has 3 heteroatoms. The summed E-state index contributed by atoms with van der Waals surface area (Å²) in [7, 11) is 0. The van der Waals surface area contributed by atoms with Crippen LogP contribution in [0.5, 0.6) is 0 Å². The summed E-state index contributed by atoms with van der Waals surface area (Å²) in [5, 5.41) is 13.6. The molecule has 0 radical (unpaired) electrons. The van der Waals surface area contributed by atoms with Crippen molar-refractivity contribution in [1.82, 2.24) is 10.2 Å². The van der Waals surface area contributed by atoms with Crippen LogP contribution < -0.4 is 5.32 Å². The van der Waals surface area contributed by atoms with E-state index in [1.54, 1.807) is 0 Å². The van der Waals surface area contributed by atoms with Gasteiger partial charge in [-0.3, -0.25) is 0 Å². The van der Waals surface area contributed by atoms with Crippen molar-refractivity contribution in [2.75, 3.05) is 26.2 Å². The molecule has 3 aliphatic rings. The van der Waals surface area contributed by atoms with Gasteiger partial charge in [0, 0.05) is 25.7 Å². The van der Waals surface area contributed by atoms with E-state index in [-0.39, 0.29) is 6.10 Å². The molecule has 0 amide bonds. The molecule has 0 bridgehead atoms. The van der Waals surface area contributed by atoms with Gasteiger partial charge in [-0.25, -0.2) is 0 Å². The first kappa shape index (κ1) is 13.8. The van der Waals surface area contributed by atoms with E-state index in [1.165, 1.54) is 71.0 Å². The van der Waals surface area contributed by atoms with Crippen LogP contribution in [0.1, 0.15) is 57.8 Å². The molecule has 3 rings (SSSR count). The third kappa shape index (κ3) is 3.93. The second-order valence-electron chi connectivity index (χ2n) is 7.25. The lowest BCUT2D eigenvalue weighted by Crippen LogP contribution is -2.49. The van der Waals surface area contributed by atoms with Gasteiger partial charge in [0.1, 0.15) is 0 Å². The Balaban J connectivity index is 1.56. The number of likely N-dealkylation sites (tertiary alicyclic amines) is 1. The lowest BCUT2D eigenvalue weighted by molar-refractivity contribution is 0.0306. The monoisotopic (exact) mass is 266 g/mol. The molecular formula is C16H30N2O. The lowest BCUT2D eigenvalue weighted by atomic mass is 9.73. The summed E-state index contributed by atoms with van der Waals surface area (Å²) in [6.45, 7) is 4.53. The largest absolute Gasteiger partial charge is 0.392 e. The first-order valence-corrected chi connectivity index (χ1v) is 8.40. The van der Waals surface area contributed by atoms with Crippen molar-refractivity contribution < 1.29 is 5.11 Å². The molecule has 1 saturated heterocycles. The number of piperidine rings is 1. The molecule has 2 saturated carbocycles. The minimum atomic E-state index is -0.0780. The summed E-state index contributed by atoms with van der Waals surface area (Å²) in [5.41, 5.74) is 0.498. The maximum Gasteiger partial charge on any atom is 0.0667 e. The van der Waals surface area contributed by atoms with Crippen LogP contribution >= 0.6 is 0 Å². The van der Waals surface area contributed by atoms with Gasteiger partial charge in [0.2, 0.25) is 0 Å². The maximum atomic E-state index is 9.86. The minimum absolute atomic E-state index is 0.0780. The van der Waals surface area contributed by atoms with E-state index in [0.717, 1.165) is 19.0 Å². The summed E-state index contributed by atoms with van der Waals surface area (Å²) in [6, 6.07) is 0.825. The van der Waals surface area contributed by atoms with Crippen LogP contribution in [-0.2, 0) is 0 Å². The molecule has 2 N–H and O–H groups in total. The second kappa shape index (κ2) is 6.11. The molecule has 110 valence electrons. The summed E-state index contributed by atoms with van der Waals surface area (Å²) in [6.07, 6.45) is 11.9. The van der Waals surface area contributed by atoms with E-state index in [1.807, 2.05) is 0 Å². The molecule has 3 fully saturated rings. The molecule has 1 heterocycles. The fraction of sp³-hybridized carbons (Fsp3) is 1.00. The van der Waals surface area contributed by atoms with E-state index in [4.69, 9.17) is 0 Å². The molecule has 3 nitrogen and oxygen atoms in total. The standard InChI is InChI=1S/C16H30N2O/c19-15-5-4-10-18(11-15)13-16(8-2-1-3-9-16)12-17-14-6-7-14/h14-15,17,19H,1-13H2. The number of aliphatic hydroxyl groups is 1. The smallest absolute Gasteiger partial charge is 0.0667 e. The van der Waals surface area contributed by atoms with E-state index in [2.05, 4.69) is 10.2 Å². The molecular weight excluding hydrogens is 236 g/mol. The summed E-state index contributed by atoms with van der Waals surface area (Å²) < 4.78 is 0. The second-order valence-corrected chi connectivity index (χ2v) is 7.25. The van der Waals surface area contributed by atoms with Gasteiger partial charge < -0.3 is 15.3 Å². The number of β-amino-alcohol motifs (C(OH)–C–C–N with tert-alkyl or cyclic N) is 1. The van der Waals surface area contributed by atoms with Crippen LogP contribution in [-0.4, -0.2) is 48.3 Å². The van der Waals surface area contributed by atoms with Crippen LogP contribution in [0.3, 0.4) is 0 Å². The van der Waals surface area contributed by atoms with Crippen LogP contribution in [0, 0.1) is 5.41 Å². The molecule has 19 heavy (non-hydrogen) atoms. The van der Waals surface area contributed by atoms with Gasteiger partial charge in [-0.1, -0.05) is 19.3 Å². The molecule has 1 aliphatic heterocycles. The highest BCUT2D eigenvalue weighted by Gasteiger charge is 2.36. The van der Waals surface area contributed by atoms with Gasteiger partial charge >= 0.3 is 0 Å². The maximum absolute atomic E-state index is 9.86. The highest BCUT2D eigenvalue weighted by molar-refractivity contribution is 4.92. The Morgan fingerprint density at radius 1 is 1.05 bits per heavy atom. The quantitative estimate of drug-likeness (QED) is 0.800. The van der Waals surface area contributed by atoms with Crippen molar-refractivity contribution in [2.45, 2.75) is 69.9 Å². The van der Waals surface area contributed by atoms with Crippen molar-refractivity contribution >= 4 is 0 Å². The number of rotatable bonds is 5. The summed E-state index contributed by atoms with van der Waals surface area (Å²) in [5.74, 6) is 0. The highest BCUT2D eigenvalue weighted by Crippen LogP contribution is 2.38. The van der Waals surface area contributed by atoms with E-state index < -0.39 is 0 Å². The zero-order valence-electron chi connectivity index (χ0n) is 12.2. The first-order valence-electron chi connectivity index (χ1n) is 8.40. The molecule has 0 spiro atoms. The van der Waals surface area contributed by atoms with Crippen LogP contribution in [0.4, 0.5) is 0 Å². The number of nitrogens with one attached hydrogen (secondary N) is 1. The Hall–Kier alpha value is -0.120. The third-order valence-electron chi connectivity index (χ3n) is 5.30. The Bertz CT molecular complexity index is 284. The summed E-state index contributed by atoms with van der Waals surface area (Å²) in [4.78, 5) is 2.54. The average Bonchev–Trinajstić information content (AvgIpc) is 3.22. The number of hydrogen-bond donors (Lipinski definition) is 2. The van der Waals surface area contributed by atoms with Gasteiger partial charge in [0.15, 0.2) is 0 Å². The lowest BCUT2D eigenvalue weighted by Gasteiger charge is -2.43. The van der Waals surface area contributed by atoms with Gasteiger partial charge in [0.05, 0.1) is 6.10 Å². The van der Waals surface area contributed by atoms with Gasteiger partial charge in [-0.15, -0.1) is 0 Å². The number of aliphatic hydroxyl groups excluding tert-OH is 1. The molecule has 0 aromatic heterocycles. The van der Waals surface area contributed by atoms with Crippen molar-refractivity contribution in [2.24, 2.45) is 5.41 Å². The SMILES string of the molecule is OC1CCCN(CC2(CNC3CC3)CCCCC2)C1. The van der Waals surface area contributed by atoms with Crippen molar-refractivity contribution in [3.8, 4) is 0 Å². The Kier molecular flexibility index (Phi) is 4.45. The van der Waals surface area contributed by atoms with Crippen LogP contribution in [0.25, 0.3) is 0 Å². The van der Waals surface area contributed by atoms with Crippen molar-refractivity contribution in [1.29, 1.82) is 0 Å². The predicted molar refractivity (Wildman–Crippen MR) is 78.2 cm³/mol. The molecule has 1 unspecified atom stereocenters. The predicted octanol–water partition coefficient (Wildman–Crippen LogP) is 2.15. The zero-order valence-corrected chi connectivity index (χ0v) is 12.2. The van der Waals surface area contributed by atoms with E-state index in [9.17, 15) is 5.11 Å². The first-order chi connectivity index (χ1) is 9.26. The van der Waals surface area contributed by atoms with Crippen LogP contribution in [0.15, 0.2) is 0 Å². The normalized spacial score (nSPS) is 32.4. The van der Waals surface area contributed by atoms with Crippen LogP contribution in [0.2, 0.25) is 0 Å². The molecule has 0 aromatic rings. The summed E-state index contributed by atoms with van der Waals surface area (Å²) >= 11 is 0. The van der Waals surface area contributed by atoms with Gasteiger partial charge in [0.25, 0.3) is 0 Å². The zero-order chi connectivity index (χ0) is 13.1. The molecule has 2 aliphatic carbocycles. The van der Waals surface area contributed by atoms with Gasteiger partial charge in [-0.05, 0) is 50.5 Å².